The molecule has 3 aromatic rings. The maximum Gasteiger partial charge on any atom is 0.336 e. The predicted octanol–water partition coefficient (Wildman–Crippen LogP) is 4.02. The summed E-state index contributed by atoms with van der Waals surface area (Å²) in [5, 5.41) is 9.50. The van der Waals surface area contributed by atoms with Crippen molar-refractivity contribution in [3.63, 3.8) is 0 Å². The third-order valence-corrected chi connectivity index (χ3v) is 4.74. The molecule has 0 radical (unpaired) electrons. The Bertz CT molecular complexity index is 980. The van der Waals surface area contributed by atoms with E-state index in [1.165, 1.54) is 0 Å². The summed E-state index contributed by atoms with van der Waals surface area (Å²) >= 11 is 0. The number of carboxylic acids is 1. The second-order valence-corrected chi connectivity index (χ2v) is 6.44. The van der Waals surface area contributed by atoms with Gasteiger partial charge in [0.05, 0.1) is 24.8 Å². The van der Waals surface area contributed by atoms with Crippen LogP contribution < -0.4 is 9.47 Å². The lowest BCUT2D eigenvalue weighted by Gasteiger charge is -2.19. The number of nitrogens with zero attached hydrogens (tertiary/aromatic N) is 2. The van der Waals surface area contributed by atoms with Gasteiger partial charge in [-0.15, -0.1) is 0 Å². The van der Waals surface area contributed by atoms with E-state index in [1.54, 1.807) is 24.4 Å². The van der Waals surface area contributed by atoms with E-state index in [4.69, 9.17) is 9.47 Å². The summed E-state index contributed by atoms with van der Waals surface area (Å²) < 4.78 is 13.5. The zero-order valence-electron chi connectivity index (χ0n) is 15.0. The minimum absolute atomic E-state index is 0.0542. The first-order chi connectivity index (χ1) is 13.1. The second kappa shape index (κ2) is 7.15. The molecule has 4 rings (SSSR count). The zero-order chi connectivity index (χ0) is 18.8. The Kier molecular flexibility index (Phi) is 4.54. The highest BCUT2D eigenvalue weighted by atomic mass is 16.5. The predicted molar refractivity (Wildman–Crippen MR) is 100 cm³/mol. The molecule has 1 atom stereocenters. The number of imidazole rings is 1. The summed E-state index contributed by atoms with van der Waals surface area (Å²) in [6.07, 6.45) is 4.41. The van der Waals surface area contributed by atoms with Crippen LogP contribution >= 0.6 is 0 Å². The maximum atomic E-state index is 11.6. The minimum atomic E-state index is -0.969. The fraction of sp³-hybridized carbons (Fsp3) is 0.238. The molecule has 0 aliphatic carbocycles. The number of aromatic nitrogens is 2. The van der Waals surface area contributed by atoms with Crippen molar-refractivity contribution in [2.45, 2.75) is 19.4 Å². The summed E-state index contributed by atoms with van der Waals surface area (Å²) in [5.74, 6) is 1.14. The van der Waals surface area contributed by atoms with Gasteiger partial charge in [-0.25, -0.2) is 9.78 Å². The summed E-state index contributed by atoms with van der Waals surface area (Å²) in [6.45, 7) is 3.33. The zero-order valence-corrected chi connectivity index (χ0v) is 15.0. The number of hydrogen-bond acceptors (Lipinski definition) is 4. The highest BCUT2D eigenvalue weighted by molar-refractivity contribution is 5.95. The fourth-order valence-corrected chi connectivity index (χ4v) is 3.30. The number of aromatic carboxylic acids is 1. The Morgan fingerprint density at radius 2 is 1.93 bits per heavy atom. The fourth-order valence-electron chi connectivity index (χ4n) is 3.30. The van der Waals surface area contributed by atoms with Crippen LogP contribution in [0.3, 0.4) is 0 Å². The molecule has 1 aromatic heterocycles. The van der Waals surface area contributed by atoms with Gasteiger partial charge in [-0.3, -0.25) is 0 Å². The molecule has 0 fully saturated rings. The van der Waals surface area contributed by atoms with Crippen LogP contribution in [0.25, 0.3) is 11.4 Å². The van der Waals surface area contributed by atoms with Crippen molar-refractivity contribution in [3.05, 3.63) is 66.0 Å². The van der Waals surface area contributed by atoms with Crippen LogP contribution in [0.15, 0.2) is 54.9 Å². The third kappa shape index (κ3) is 3.26. The van der Waals surface area contributed by atoms with E-state index in [9.17, 15) is 9.90 Å². The molecule has 0 saturated carbocycles. The Balaban J connectivity index is 1.73. The molecule has 27 heavy (non-hydrogen) atoms. The normalized spacial score (nSPS) is 14.4. The molecule has 1 aliphatic rings. The molecule has 0 bridgehead atoms. The van der Waals surface area contributed by atoms with Crippen LogP contribution in [0.1, 0.15) is 35.3 Å². The van der Waals surface area contributed by atoms with Crippen LogP contribution in [0, 0.1) is 0 Å². The van der Waals surface area contributed by atoms with Gasteiger partial charge >= 0.3 is 5.97 Å². The summed E-state index contributed by atoms with van der Waals surface area (Å²) in [6, 6.07) is 12.8. The largest absolute Gasteiger partial charge is 0.490 e. The molecule has 138 valence electrons. The number of rotatable bonds is 4. The van der Waals surface area contributed by atoms with Crippen LogP contribution in [0.4, 0.5) is 0 Å². The van der Waals surface area contributed by atoms with Crippen molar-refractivity contribution >= 4 is 5.97 Å². The van der Waals surface area contributed by atoms with Crippen LogP contribution in [0.2, 0.25) is 0 Å². The number of benzene rings is 2. The molecule has 2 aromatic carbocycles. The van der Waals surface area contributed by atoms with E-state index in [0.717, 1.165) is 23.5 Å². The molecule has 0 spiro atoms. The van der Waals surface area contributed by atoms with Crippen LogP contribution in [-0.4, -0.2) is 33.8 Å². The molecule has 1 aliphatic heterocycles. The lowest BCUT2D eigenvalue weighted by Crippen LogP contribution is -2.10. The number of carboxylic acid groups (broad SMARTS) is 1. The monoisotopic (exact) mass is 364 g/mol. The first-order valence-electron chi connectivity index (χ1n) is 8.90. The molecule has 0 amide bonds. The average Bonchev–Trinajstić information content (AvgIpc) is 3.05. The topological polar surface area (TPSA) is 73.6 Å². The second-order valence-electron chi connectivity index (χ2n) is 6.44. The molecule has 0 unspecified atom stereocenters. The average molecular weight is 364 g/mol. The molecule has 6 nitrogen and oxygen atoms in total. The summed E-state index contributed by atoms with van der Waals surface area (Å²) in [7, 11) is 0. The van der Waals surface area contributed by atoms with Gasteiger partial charge in [-0.2, -0.15) is 0 Å². The molecule has 1 N–H and O–H groups in total. The van der Waals surface area contributed by atoms with Gasteiger partial charge in [0.25, 0.3) is 0 Å². The number of ether oxygens (including phenoxy) is 2. The van der Waals surface area contributed by atoms with Gasteiger partial charge in [-0.05, 0) is 30.7 Å². The van der Waals surface area contributed by atoms with Crippen molar-refractivity contribution in [1.29, 1.82) is 0 Å². The number of fused-ring (bicyclic) bond motifs is 1. The number of carbonyl (C=O) groups is 1. The first-order valence-corrected chi connectivity index (χ1v) is 8.90. The summed E-state index contributed by atoms with van der Waals surface area (Å²) in [5.41, 5.74) is 1.86. The Hall–Kier alpha value is -3.28. The number of hydrogen-bond donors (Lipinski definition) is 1. The highest BCUT2D eigenvalue weighted by Gasteiger charge is 2.20. The van der Waals surface area contributed by atoms with Gasteiger partial charge in [0.15, 0.2) is 11.5 Å². The highest BCUT2D eigenvalue weighted by Crippen LogP contribution is 2.34. The Morgan fingerprint density at radius 3 is 2.74 bits per heavy atom. The standard InChI is InChI=1S/C21H20N2O4/c1-14(15-7-8-18-19(13-15)27-12-4-11-26-18)23-10-9-22-20(23)16-5-2-3-6-17(16)21(24)25/h2-3,5-10,13-14H,4,11-12H2,1H3,(H,24,25)/t14-/m0/s1. The lowest BCUT2D eigenvalue weighted by molar-refractivity contribution is 0.0697. The van der Waals surface area contributed by atoms with Crippen molar-refractivity contribution in [1.82, 2.24) is 9.55 Å². The van der Waals surface area contributed by atoms with Gasteiger partial charge < -0.3 is 19.1 Å². The van der Waals surface area contributed by atoms with Crippen molar-refractivity contribution < 1.29 is 19.4 Å². The smallest absolute Gasteiger partial charge is 0.336 e. The summed E-state index contributed by atoms with van der Waals surface area (Å²) in [4.78, 5) is 16.0. The van der Waals surface area contributed by atoms with E-state index >= 15 is 0 Å². The maximum absolute atomic E-state index is 11.6. The van der Waals surface area contributed by atoms with Gasteiger partial charge in [-0.1, -0.05) is 24.3 Å². The van der Waals surface area contributed by atoms with E-state index < -0.39 is 5.97 Å². The van der Waals surface area contributed by atoms with Gasteiger partial charge in [0.2, 0.25) is 0 Å². The van der Waals surface area contributed by atoms with Crippen molar-refractivity contribution in [3.8, 4) is 22.9 Å². The van der Waals surface area contributed by atoms with E-state index in [2.05, 4.69) is 4.98 Å². The van der Waals surface area contributed by atoms with Gasteiger partial charge in [0, 0.05) is 24.4 Å². The Morgan fingerprint density at radius 1 is 1.15 bits per heavy atom. The third-order valence-electron chi connectivity index (χ3n) is 4.74. The van der Waals surface area contributed by atoms with Gasteiger partial charge in [0.1, 0.15) is 5.82 Å². The van der Waals surface area contributed by atoms with E-state index in [0.29, 0.717) is 24.6 Å². The van der Waals surface area contributed by atoms with Crippen LogP contribution in [0.5, 0.6) is 11.5 Å². The van der Waals surface area contributed by atoms with E-state index in [1.807, 2.05) is 42.0 Å². The molecular formula is C21H20N2O4. The quantitative estimate of drug-likeness (QED) is 0.757. The first kappa shape index (κ1) is 17.1. The lowest BCUT2D eigenvalue weighted by atomic mass is 10.0. The minimum Gasteiger partial charge on any atom is -0.490 e. The SMILES string of the molecule is C[C@@H](c1ccc2c(c1)OCCCO2)n1ccnc1-c1ccccc1C(=O)O. The molecule has 0 saturated heterocycles. The van der Waals surface area contributed by atoms with E-state index in [-0.39, 0.29) is 11.6 Å². The van der Waals surface area contributed by atoms with Crippen molar-refractivity contribution in [2.75, 3.05) is 13.2 Å². The Labute approximate surface area is 157 Å². The molecule has 6 heteroatoms. The van der Waals surface area contributed by atoms with Crippen LogP contribution in [-0.2, 0) is 0 Å². The van der Waals surface area contributed by atoms with Crippen molar-refractivity contribution in [2.24, 2.45) is 0 Å². The molecular weight excluding hydrogens is 344 g/mol. The molecule has 2 heterocycles.